The standard InChI is InChI=1S/C17H14ClN5O3/c1-11-20-14-4-2-3-5-15(14)22(11)10-17(24)21-19-9-12-6-7-13(18)16(8-12)23(25)26/h2-9H,10H2,1H3,(H,21,24)/b19-9-. The van der Waals surface area contributed by atoms with Gasteiger partial charge in [0.2, 0.25) is 0 Å². The molecular weight excluding hydrogens is 358 g/mol. The van der Waals surface area contributed by atoms with Crippen LogP contribution in [0.4, 0.5) is 5.69 Å². The van der Waals surface area contributed by atoms with E-state index >= 15 is 0 Å². The number of nitrogens with one attached hydrogen (secondary N) is 1. The third kappa shape index (κ3) is 3.70. The summed E-state index contributed by atoms with van der Waals surface area (Å²) in [5.74, 6) is 0.384. The Hall–Kier alpha value is -3.26. The lowest BCUT2D eigenvalue weighted by Crippen LogP contribution is -2.23. The molecule has 8 nitrogen and oxygen atoms in total. The van der Waals surface area contributed by atoms with Crippen molar-refractivity contribution in [2.24, 2.45) is 5.10 Å². The highest BCUT2D eigenvalue weighted by Gasteiger charge is 2.12. The summed E-state index contributed by atoms with van der Waals surface area (Å²) >= 11 is 5.75. The second-order valence-corrected chi connectivity index (χ2v) is 5.90. The first-order valence-electron chi connectivity index (χ1n) is 7.63. The van der Waals surface area contributed by atoms with Crippen molar-refractivity contribution in [2.75, 3.05) is 0 Å². The quantitative estimate of drug-likeness (QED) is 0.423. The molecule has 0 aliphatic carbocycles. The minimum atomic E-state index is -0.578. The molecule has 0 spiro atoms. The topological polar surface area (TPSA) is 102 Å². The van der Waals surface area contributed by atoms with Crippen LogP contribution in [0.1, 0.15) is 11.4 Å². The van der Waals surface area contributed by atoms with Crippen molar-refractivity contribution in [3.05, 3.63) is 69.0 Å². The summed E-state index contributed by atoms with van der Waals surface area (Å²) in [4.78, 5) is 26.8. The van der Waals surface area contributed by atoms with Gasteiger partial charge in [0.15, 0.2) is 0 Å². The summed E-state index contributed by atoms with van der Waals surface area (Å²) in [6, 6.07) is 11.8. The number of fused-ring (bicyclic) bond motifs is 1. The molecule has 0 unspecified atom stereocenters. The Morgan fingerprint density at radius 2 is 2.15 bits per heavy atom. The molecule has 0 saturated heterocycles. The maximum Gasteiger partial charge on any atom is 0.288 e. The normalized spacial score (nSPS) is 11.2. The van der Waals surface area contributed by atoms with Gasteiger partial charge in [0.05, 0.1) is 22.2 Å². The summed E-state index contributed by atoms with van der Waals surface area (Å²) in [7, 11) is 0. The Balaban J connectivity index is 1.69. The molecule has 3 rings (SSSR count). The zero-order valence-electron chi connectivity index (χ0n) is 13.7. The monoisotopic (exact) mass is 371 g/mol. The van der Waals surface area contributed by atoms with Crippen molar-refractivity contribution in [3.63, 3.8) is 0 Å². The van der Waals surface area contributed by atoms with Crippen LogP contribution >= 0.6 is 11.6 Å². The second-order valence-electron chi connectivity index (χ2n) is 5.50. The number of amides is 1. The number of nitro benzene ring substituents is 1. The van der Waals surface area contributed by atoms with Crippen LogP contribution in [0.3, 0.4) is 0 Å². The average Bonchev–Trinajstić information content (AvgIpc) is 2.92. The van der Waals surface area contributed by atoms with E-state index in [1.54, 1.807) is 10.6 Å². The third-order valence-electron chi connectivity index (χ3n) is 3.72. The molecule has 0 saturated carbocycles. The van der Waals surface area contributed by atoms with E-state index in [2.05, 4.69) is 15.5 Å². The van der Waals surface area contributed by atoms with Crippen LogP contribution in [0.2, 0.25) is 5.02 Å². The number of rotatable bonds is 5. The fourth-order valence-corrected chi connectivity index (χ4v) is 2.69. The molecule has 0 aliphatic rings. The number of nitro groups is 1. The molecule has 2 aromatic carbocycles. The summed E-state index contributed by atoms with van der Waals surface area (Å²) < 4.78 is 1.79. The minimum Gasteiger partial charge on any atom is -0.319 e. The number of hydrogen-bond donors (Lipinski definition) is 1. The molecule has 1 heterocycles. The van der Waals surface area contributed by atoms with Crippen LogP contribution in [0, 0.1) is 17.0 Å². The predicted molar refractivity (Wildman–Crippen MR) is 98.3 cm³/mol. The zero-order chi connectivity index (χ0) is 18.7. The van der Waals surface area contributed by atoms with Crippen LogP contribution in [0.5, 0.6) is 0 Å². The maximum absolute atomic E-state index is 12.1. The van der Waals surface area contributed by atoms with Crippen molar-refractivity contribution in [1.29, 1.82) is 0 Å². The molecule has 0 radical (unpaired) electrons. The molecule has 0 bridgehead atoms. The van der Waals surface area contributed by atoms with Gasteiger partial charge >= 0.3 is 0 Å². The Bertz CT molecular complexity index is 1030. The first-order chi connectivity index (χ1) is 12.5. The van der Waals surface area contributed by atoms with Gasteiger partial charge < -0.3 is 4.57 Å². The molecule has 3 aromatic rings. The first-order valence-corrected chi connectivity index (χ1v) is 8.01. The number of hydrazone groups is 1. The summed E-state index contributed by atoms with van der Waals surface area (Å²) in [5.41, 5.74) is 4.31. The van der Waals surface area contributed by atoms with Crippen molar-refractivity contribution in [3.8, 4) is 0 Å². The van der Waals surface area contributed by atoms with Crippen LogP contribution in [0.15, 0.2) is 47.6 Å². The number of carbonyl (C=O) groups is 1. The molecule has 0 aliphatic heterocycles. The van der Waals surface area contributed by atoms with E-state index in [0.717, 1.165) is 16.9 Å². The summed E-state index contributed by atoms with van der Waals surface area (Å²) in [6.45, 7) is 1.88. The minimum absolute atomic E-state index is 0.0404. The fraction of sp³-hybridized carbons (Fsp3) is 0.118. The van der Waals surface area contributed by atoms with E-state index in [4.69, 9.17) is 11.6 Å². The van der Waals surface area contributed by atoms with Gasteiger partial charge in [-0.05, 0) is 25.1 Å². The number of halogens is 1. The van der Waals surface area contributed by atoms with Gasteiger partial charge in [-0.15, -0.1) is 0 Å². The Kier molecular flexibility index (Phi) is 4.94. The zero-order valence-corrected chi connectivity index (χ0v) is 14.5. The molecule has 26 heavy (non-hydrogen) atoms. The van der Waals surface area contributed by atoms with Gasteiger partial charge in [-0.1, -0.05) is 29.8 Å². The largest absolute Gasteiger partial charge is 0.319 e. The lowest BCUT2D eigenvalue weighted by molar-refractivity contribution is -0.384. The third-order valence-corrected chi connectivity index (χ3v) is 4.04. The Labute approximate surface area is 153 Å². The molecule has 9 heteroatoms. The van der Waals surface area contributed by atoms with Crippen LogP contribution in [-0.4, -0.2) is 26.6 Å². The van der Waals surface area contributed by atoms with Gasteiger partial charge in [-0.25, -0.2) is 10.4 Å². The summed E-state index contributed by atoms with van der Waals surface area (Å²) in [5, 5.41) is 14.7. The highest BCUT2D eigenvalue weighted by Crippen LogP contribution is 2.24. The van der Waals surface area contributed by atoms with Gasteiger partial charge in [-0.2, -0.15) is 5.10 Å². The van der Waals surface area contributed by atoms with Gasteiger partial charge in [-0.3, -0.25) is 14.9 Å². The smallest absolute Gasteiger partial charge is 0.288 e. The number of nitrogens with zero attached hydrogens (tertiary/aromatic N) is 4. The van der Waals surface area contributed by atoms with Crippen LogP contribution in [-0.2, 0) is 11.3 Å². The molecular formula is C17H14ClN5O3. The van der Waals surface area contributed by atoms with Gasteiger partial charge in [0, 0.05) is 11.6 Å². The van der Waals surface area contributed by atoms with E-state index in [1.807, 2.05) is 31.2 Å². The van der Waals surface area contributed by atoms with Crippen molar-refractivity contribution in [1.82, 2.24) is 15.0 Å². The highest BCUT2D eigenvalue weighted by atomic mass is 35.5. The molecule has 0 atom stereocenters. The van der Waals surface area contributed by atoms with E-state index in [1.165, 1.54) is 18.3 Å². The number of hydrogen-bond acceptors (Lipinski definition) is 5. The van der Waals surface area contributed by atoms with E-state index < -0.39 is 4.92 Å². The van der Waals surface area contributed by atoms with Crippen molar-refractivity contribution < 1.29 is 9.72 Å². The molecule has 1 amide bonds. The maximum atomic E-state index is 12.1. The molecule has 0 fully saturated rings. The number of imidazole rings is 1. The molecule has 132 valence electrons. The van der Waals surface area contributed by atoms with Crippen molar-refractivity contribution in [2.45, 2.75) is 13.5 Å². The SMILES string of the molecule is Cc1nc2ccccc2n1CC(=O)N/N=C\c1ccc(Cl)c([N+](=O)[O-])c1. The summed E-state index contributed by atoms with van der Waals surface area (Å²) in [6.07, 6.45) is 1.32. The van der Waals surface area contributed by atoms with E-state index in [0.29, 0.717) is 5.56 Å². The van der Waals surface area contributed by atoms with Gasteiger partial charge in [0.25, 0.3) is 11.6 Å². The van der Waals surface area contributed by atoms with Crippen molar-refractivity contribution >= 4 is 40.4 Å². The van der Waals surface area contributed by atoms with Crippen LogP contribution < -0.4 is 5.43 Å². The number of aromatic nitrogens is 2. The second kappa shape index (κ2) is 7.32. The lowest BCUT2D eigenvalue weighted by atomic mass is 10.2. The fourth-order valence-electron chi connectivity index (χ4n) is 2.50. The predicted octanol–water partition coefficient (Wildman–Crippen LogP) is 3.06. The van der Waals surface area contributed by atoms with E-state index in [-0.39, 0.29) is 23.2 Å². The number of carbonyl (C=O) groups excluding carboxylic acids is 1. The molecule has 1 N–H and O–H groups in total. The Morgan fingerprint density at radius 3 is 2.92 bits per heavy atom. The van der Waals surface area contributed by atoms with Crippen LogP contribution in [0.25, 0.3) is 11.0 Å². The first kappa shape index (κ1) is 17.6. The number of para-hydroxylation sites is 2. The number of aryl methyl sites for hydroxylation is 1. The lowest BCUT2D eigenvalue weighted by Gasteiger charge is -2.05. The number of benzene rings is 2. The van der Waals surface area contributed by atoms with E-state index in [9.17, 15) is 14.9 Å². The van der Waals surface area contributed by atoms with Gasteiger partial charge in [0.1, 0.15) is 17.4 Å². The average molecular weight is 372 g/mol. The highest BCUT2D eigenvalue weighted by molar-refractivity contribution is 6.32. The Morgan fingerprint density at radius 1 is 1.38 bits per heavy atom. The molecule has 1 aromatic heterocycles.